The summed E-state index contributed by atoms with van der Waals surface area (Å²) < 4.78 is 26.7. The molecule has 0 aromatic heterocycles. The maximum Gasteiger partial charge on any atom is 0.289 e. The van der Waals surface area contributed by atoms with Crippen LogP contribution in [0.25, 0.3) is 0 Å². The van der Waals surface area contributed by atoms with Gasteiger partial charge in [-0.15, -0.1) is 0 Å². The highest BCUT2D eigenvalue weighted by atomic mass is 32.2. The van der Waals surface area contributed by atoms with Crippen LogP contribution >= 0.6 is 0 Å². The van der Waals surface area contributed by atoms with Gasteiger partial charge in [0.15, 0.2) is 4.90 Å². The predicted molar refractivity (Wildman–Crippen MR) is 93.4 cm³/mol. The molecule has 1 amide bonds. The first-order chi connectivity index (χ1) is 11.7. The Kier molecular flexibility index (Phi) is 7.46. The number of nitrogens with zero attached hydrogens (tertiary/aromatic N) is 1. The highest BCUT2D eigenvalue weighted by Gasteiger charge is 2.33. The van der Waals surface area contributed by atoms with Crippen molar-refractivity contribution in [1.29, 1.82) is 0 Å². The number of nitrogens with one attached hydrogen (secondary N) is 2. The van der Waals surface area contributed by atoms with E-state index in [0.717, 1.165) is 12.1 Å². The van der Waals surface area contributed by atoms with Gasteiger partial charge in [-0.25, -0.2) is 13.1 Å². The molecule has 0 aliphatic rings. The van der Waals surface area contributed by atoms with Gasteiger partial charge in [0.25, 0.3) is 5.69 Å². The summed E-state index contributed by atoms with van der Waals surface area (Å²) in [6.07, 6.45) is 1.15. The average molecular weight is 372 g/mol. The van der Waals surface area contributed by atoms with Gasteiger partial charge in [0, 0.05) is 25.7 Å². The third-order valence-electron chi connectivity index (χ3n) is 4.28. The molecule has 0 radical (unpaired) electrons. The van der Waals surface area contributed by atoms with Crippen LogP contribution in [0, 0.1) is 15.5 Å². The third kappa shape index (κ3) is 4.97. The number of benzene rings is 1. The summed E-state index contributed by atoms with van der Waals surface area (Å²) in [6.45, 7) is 3.91. The fourth-order valence-corrected chi connectivity index (χ4v) is 3.62. The molecule has 4 N–H and O–H groups in total. The molecule has 0 bridgehead atoms. The first-order valence-electron chi connectivity index (χ1n) is 7.95. The van der Waals surface area contributed by atoms with Crippen LogP contribution in [-0.2, 0) is 14.8 Å². The number of nitro benzene ring substituents is 1. The molecular formula is C15H24N4O5S. The smallest absolute Gasteiger partial charge is 0.289 e. The second-order valence-electron chi connectivity index (χ2n) is 5.57. The van der Waals surface area contributed by atoms with Crippen molar-refractivity contribution in [3.05, 3.63) is 34.4 Å². The number of sulfonamides is 1. The molecule has 140 valence electrons. The zero-order valence-corrected chi connectivity index (χ0v) is 15.1. The van der Waals surface area contributed by atoms with Crippen molar-refractivity contribution in [2.24, 2.45) is 11.1 Å². The Hall–Kier alpha value is -2.04. The van der Waals surface area contributed by atoms with E-state index < -0.39 is 30.9 Å². The van der Waals surface area contributed by atoms with E-state index >= 15 is 0 Å². The Bertz CT molecular complexity index is 708. The van der Waals surface area contributed by atoms with Gasteiger partial charge in [0.05, 0.1) is 10.3 Å². The third-order valence-corrected chi connectivity index (χ3v) is 5.79. The van der Waals surface area contributed by atoms with E-state index in [4.69, 9.17) is 5.73 Å². The van der Waals surface area contributed by atoms with E-state index in [9.17, 15) is 23.3 Å². The van der Waals surface area contributed by atoms with E-state index in [1.54, 1.807) is 0 Å². The van der Waals surface area contributed by atoms with Gasteiger partial charge in [-0.05, 0) is 18.9 Å². The van der Waals surface area contributed by atoms with Crippen LogP contribution in [0.15, 0.2) is 29.2 Å². The van der Waals surface area contributed by atoms with Crippen molar-refractivity contribution in [1.82, 2.24) is 10.0 Å². The standard InChI is InChI=1S/C15H24N4O5S/c1-3-15(4-2,11-16)14(20)17-9-10-18-25(23,24)13-8-6-5-7-12(13)19(21)22/h5-8,18H,3-4,9-11,16H2,1-2H3,(H,17,20). The quantitative estimate of drug-likeness (QED) is 0.314. The molecule has 10 heteroatoms. The fraction of sp³-hybridized carbons (Fsp3) is 0.533. The summed E-state index contributed by atoms with van der Waals surface area (Å²) in [5.74, 6) is -0.232. The lowest BCUT2D eigenvalue weighted by atomic mass is 9.81. The van der Waals surface area contributed by atoms with Crippen molar-refractivity contribution in [3.8, 4) is 0 Å². The second-order valence-corrected chi connectivity index (χ2v) is 7.31. The van der Waals surface area contributed by atoms with Crippen molar-refractivity contribution in [3.63, 3.8) is 0 Å². The van der Waals surface area contributed by atoms with Crippen LogP contribution in [0.1, 0.15) is 26.7 Å². The normalized spacial score (nSPS) is 12.0. The highest BCUT2D eigenvalue weighted by Crippen LogP contribution is 2.25. The van der Waals surface area contributed by atoms with Crippen LogP contribution < -0.4 is 15.8 Å². The average Bonchev–Trinajstić information content (AvgIpc) is 2.60. The monoisotopic (exact) mass is 372 g/mol. The Labute approximate surface area is 147 Å². The first-order valence-corrected chi connectivity index (χ1v) is 9.44. The number of rotatable bonds is 10. The van der Waals surface area contributed by atoms with Gasteiger partial charge in [-0.1, -0.05) is 26.0 Å². The van der Waals surface area contributed by atoms with Crippen LogP contribution in [0.4, 0.5) is 5.69 Å². The molecule has 0 aliphatic heterocycles. The molecule has 0 saturated carbocycles. The molecule has 0 unspecified atom stereocenters. The summed E-state index contributed by atoms with van der Waals surface area (Å²) in [6, 6.07) is 5.07. The molecular weight excluding hydrogens is 348 g/mol. The minimum Gasteiger partial charge on any atom is -0.354 e. The lowest BCUT2D eigenvalue weighted by Crippen LogP contribution is -2.47. The SMILES string of the molecule is CCC(CC)(CN)C(=O)NCCNS(=O)(=O)c1ccccc1[N+](=O)[O-]. The number of nitrogens with two attached hydrogens (primary N) is 1. The van der Waals surface area contributed by atoms with Gasteiger partial charge < -0.3 is 11.1 Å². The van der Waals surface area contributed by atoms with E-state index in [1.165, 1.54) is 12.1 Å². The first kappa shape index (κ1) is 21.0. The van der Waals surface area contributed by atoms with Crippen LogP contribution in [0.2, 0.25) is 0 Å². The molecule has 0 spiro atoms. The van der Waals surface area contributed by atoms with Crippen molar-refractivity contribution >= 4 is 21.6 Å². The molecule has 0 fully saturated rings. The minimum atomic E-state index is -4.05. The molecule has 1 aromatic carbocycles. The van der Waals surface area contributed by atoms with Crippen molar-refractivity contribution in [2.75, 3.05) is 19.6 Å². The Morgan fingerprint density at radius 2 is 1.84 bits per heavy atom. The summed E-state index contributed by atoms with van der Waals surface area (Å²) in [7, 11) is -4.05. The number of hydrogen-bond donors (Lipinski definition) is 3. The van der Waals surface area contributed by atoms with Gasteiger partial charge >= 0.3 is 0 Å². The molecule has 0 heterocycles. The van der Waals surface area contributed by atoms with E-state index in [1.807, 2.05) is 13.8 Å². The summed E-state index contributed by atoms with van der Waals surface area (Å²) >= 11 is 0. The maximum absolute atomic E-state index is 12.2. The number of carbonyl (C=O) groups is 1. The molecule has 1 rings (SSSR count). The predicted octanol–water partition coefficient (Wildman–Crippen LogP) is 0.754. The minimum absolute atomic E-state index is 0.0560. The number of amides is 1. The number of hydrogen-bond acceptors (Lipinski definition) is 6. The second kappa shape index (κ2) is 8.88. The molecule has 1 aromatic rings. The van der Waals surface area contributed by atoms with E-state index in [-0.39, 0.29) is 25.5 Å². The van der Waals surface area contributed by atoms with Gasteiger partial charge in [0.2, 0.25) is 15.9 Å². The fourth-order valence-electron chi connectivity index (χ4n) is 2.41. The maximum atomic E-state index is 12.2. The zero-order valence-electron chi connectivity index (χ0n) is 14.3. The lowest BCUT2D eigenvalue weighted by Gasteiger charge is -2.28. The van der Waals surface area contributed by atoms with E-state index in [2.05, 4.69) is 10.0 Å². The van der Waals surface area contributed by atoms with Crippen molar-refractivity contribution in [2.45, 2.75) is 31.6 Å². The molecule has 0 aliphatic carbocycles. The Morgan fingerprint density at radius 1 is 1.24 bits per heavy atom. The number of carbonyl (C=O) groups excluding carboxylic acids is 1. The van der Waals surface area contributed by atoms with Crippen LogP contribution in [0.3, 0.4) is 0 Å². The van der Waals surface area contributed by atoms with Crippen LogP contribution in [-0.4, -0.2) is 38.9 Å². The van der Waals surface area contributed by atoms with Gasteiger partial charge in [0.1, 0.15) is 0 Å². The molecule has 9 nitrogen and oxygen atoms in total. The molecule has 0 atom stereocenters. The summed E-state index contributed by atoms with van der Waals surface area (Å²) in [4.78, 5) is 22.0. The van der Waals surface area contributed by atoms with Gasteiger partial charge in [-0.2, -0.15) is 0 Å². The summed E-state index contributed by atoms with van der Waals surface area (Å²) in [5.41, 5.74) is 4.52. The Balaban J connectivity index is 2.70. The Morgan fingerprint density at radius 3 is 2.36 bits per heavy atom. The largest absolute Gasteiger partial charge is 0.354 e. The van der Waals surface area contributed by atoms with Crippen molar-refractivity contribution < 1.29 is 18.1 Å². The highest BCUT2D eigenvalue weighted by molar-refractivity contribution is 7.89. The van der Waals surface area contributed by atoms with E-state index in [0.29, 0.717) is 12.8 Å². The topological polar surface area (TPSA) is 144 Å². The van der Waals surface area contributed by atoms with Crippen LogP contribution in [0.5, 0.6) is 0 Å². The van der Waals surface area contributed by atoms with Gasteiger partial charge in [-0.3, -0.25) is 14.9 Å². The zero-order chi connectivity index (χ0) is 19.1. The number of para-hydroxylation sites is 1. The number of nitro groups is 1. The lowest BCUT2D eigenvalue weighted by molar-refractivity contribution is -0.387. The molecule has 0 saturated heterocycles. The summed E-state index contributed by atoms with van der Waals surface area (Å²) in [5, 5.41) is 13.6. The molecule has 25 heavy (non-hydrogen) atoms.